The number of ether oxygens (including phenoxy) is 1. The monoisotopic (exact) mass is 660 g/mol. The van der Waals surface area contributed by atoms with Crippen LogP contribution in [0, 0.1) is 0 Å². The van der Waals surface area contributed by atoms with Crippen molar-refractivity contribution < 1.29 is 4.74 Å². The minimum atomic E-state index is -1.43. The molecular weight excluding hydrogens is 597 g/mol. The maximum absolute atomic E-state index is 5.93. The van der Waals surface area contributed by atoms with Gasteiger partial charge in [-0.15, -0.1) is 0 Å². The van der Waals surface area contributed by atoms with Crippen molar-refractivity contribution in [3.63, 3.8) is 0 Å². The van der Waals surface area contributed by atoms with Crippen LogP contribution in [-0.2, 0) is 6.42 Å². The van der Waals surface area contributed by atoms with E-state index in [1.54, 1.807) is 5.25 Å². The molecule has 0 N–H and O–H groups in total. The molecule has 0 saturated heterocycles. The van der Waals surface area contributed by atoms with Gasteiger partial charge in [0.15, 0.2) is 5.82 Å². The van der Waals surface area contributed by atoms with E-state index < -0.39 is 13.3 Å². The van der Waals surface area contributed by atoms with Crippen molar-refractivity contribution in [2.45, 2.75) is 145 Å². The maximum atomic E-state index is 5.93. The number of nitrogens with zero attached hydrogens (tertiary/aromatic N) is 2. The summed E-state index contributed by atoms with van der Waals surface area (Å²) in [6, 6.07) is 17.7. The molecule has 3 rings (SSSR count). The standard InChI is InChI=1S/C40H62GeN2O/c1-5-9-10-11-16-19-22-35-23-25-36(26-24-35)37-27-29-38(30-28-37)40-42-33-39(34-43-40)44-32-21-18-15-13-12-14-17-20-31-41(6-2,7-3)8-4/h23-30,33-34H,5-22,31-32H2,1-4H3. The van der Waals surface area contributed by atoms with Crippen molar-refractivity contribution in [1.82, 2.24) is 9.97 Å². The molecule has 0 atom stereocenters. The van der Waals surface area contributed by atoms with E-state index >= 15 is 0 Å². The van der Waals surface area contributed by atoms with E-state index in [1.807, 2.05) is 12.4 Å². The summed E-state index contributed by atoms with van der Waals surface area (Å²) in [6.45, 7) is 10.4. The molecule has 2 aromatic carbocycles. The van der Waals surface area contributed by atoms with Gasteiger partial charge in [0, 0.05) is 5.56 Å². The average Bonchev–Trinajstić information content (AvgIpc) is 3.08. The number of rotatable bonds is 24. The molecule has 4 heteroatoms. The first-order valence-electron chi connectivity index (χ1n) is 18.3. The van der Waals surface area contributed by atoms with Crippen molar-refractivity contribution in [3.8, 4) is 28.3 Å². The quantitative estimate of drug-likeness (QED) is 0.0709. The van der Waals surface area contributed by atoms with E-state index in [4.69, 9.17) is 4.74 Å². The average molecular weight is 660 g/mol. The molecule has 0 aliphatic rings. The Morgan fingerprint density at radius 1 is 0.523 bits per heavy atom. The fourth-order valence-electron chi connectivity index (χ4n) is 6.46. The zero-order chi connectivity index (χ0) is 31.3. The van der Waals surface area contributed by atoms with Gasteiger partial charge in [-0.25, -0.2) is 9.97 Å². The summed E-state index contributed by atoms with van der Waals surface area (Å²) in [6.07, 6.45) is 23.7. The van der Waals surface area contributed by atoms with Gasteiger partial charge in [0.25, 0.3) is 0 Å². The number of benzene rings is 2. The first kappa shape index (κ1) is 36.3. The molecular formula is C40H62GeN2O. The van der Waals surface area contributed by atoms with Crippen LogP contribution in [0.5, 0.6) is 5.75 Å². The van der Waals surface area contributed by atoms with Crippen LogP contribution >= 0.6 is 0 Å². The molecule has 1 heterocycles. The zero-order valence-electron chi connectivity index (χ0n) is 28.7. The normalized spacial score (nSPS) is 11.6. The Kier molecular flexibility index (Phi) is 17.8. The summed E-state index contributed by atoms with van der Waals surface area (Å²) in [5, 5.41) is 6.17. The van der Waals surface area contributed by atoms with E-state index in [0.29, 0.717) is 0 Å². The van der Waals surface area contributed by atoms with Crippen molar-refractivity contribution in [3.05, 3.63) is 66.5 Å². The summed E-state index contributed by atoms with van der Waals surface area (Å²) in [4.78, 5) is 9.15. The summed E-state index contributed by atoms with van der Waals surface area (Å²) in [7, 11) is 0. The Hall–Kier alpha value is -2.14. The van der Waals surface area contributed by atoms with Crippen LogP contribution in [-0.4, -0.2) is 29.8 Å². The maximum Gasteiger partial charge on any atom is 0.0730 e. The van der Waals surface area contributed by atoms with Crippen LogP contribution in [0.3, 0.4) is 0 Å². The summed E-state index contributed by atoms with van der Waals surface area (Å²) in [5.74, 6) is 1.50. The van der Waals surface area contributed by atoms with E-state index in [9.17, 15) is 0 Å². The summed E-state index contributed by atoms with van der Waals surface area (Å²) < 4.78 is 5.93. The van der Waals surface area contributed by atoms with Crippen LogP contribution in [0.1, 0.15) is 123 Å². The summed E-state index contributed by atoms with van der Waals surface area (Å²) >= 11 is -1.43. The van der Waals surface area contributed by atoms with E-state index in [-0.39, 0.29) is 0 Å². The molecule has 0 radical (unpaired) electrons. The van der Waals surface area contributed by atoms with Crippen LogP contribution in [0.25, 0.3) is 22.5 Å². The smallest absolute Gasteiger partial charge is 0.0730 e. The molecule has 0 unspecified atom stereocenters. The fourth-order valence-corrected chi connectivity index (χ4v) is 13.9. The Morgan fingerprint density at radius 3 is 1.57 bits per heavy atom. The van der Waals surface area contributed by atoms with Gasteiger partial charge in [0.1, 0.15) is 0 Å². The first-order chi connectivity index (χ1) is 21.6. The molecule has 1 aromatic heterocycles. The third-order valence-corrected chi connectivity index (χ3v) is 22.4. The van der Waals surface area contributed by atoms with Gasteiger partial charge < -0.3 is 0 Å². The summed E-state index contributed by atoms with van der Waals surface area (Å²) in [5.41, 5.74) is 4.95. The fraction of sp³-hybridized carbons (Fsp3) is 0.600. The second-order valence-electron chi connectivity index (χ2n) is 13.0. The minimum Gasteiger partial charge on any atom is -0.233 e. The Labute approximate surface area is 273 Å². The predicted octanol–water partition coefficient (Wildman–Crippen LogP) is 12.7. The Morgan fingerprint density at radius 2 is 1.00 bits per heavy atom. The van der Waals surface area contributed by atoms with Crippen molar-refractivity contribution in [2.75, 3.05) is 6.61 Å². The van der Waals surface area contributed by atoms with Gasteiger partial charge in [0.05, 0.1) is 12.4 Å². The molecule has 242 valence electrons. The van der Waals surface area contributed by atoms with Gasteiger partial charge in [-0.05, 0) is 29.5 Å². The molecule has 0 aliphatic carbocycles. The molecule has 0 fully saturated rings. The van der Waals surface area contributed by atoms with Gasteiger partial charge in [-0.1, -0.05) is 87.6 Å². The van der Waals surface area contributed by atoms with Crippen LogP contribution in [0.2, 0.25) is 21.0 Å². The number of unbranched alkanes of at least 4 members (excludes halogenated alkanes) is 12. The SMILES string of the molecule is CCCCCCCCc1ccc(-c2ccc(-c3ncc(OCCCCCCCCC[CH2][Ge]([CH2]C)([CH2]C)[CH2]C)cn3)cc2)cc1. The number of hydrogen-bond donors (Lipinski definition) is 0. The van der Waals surface area contributed by atoms with Gasteiger partial charge in [-0.2, -0.15) is 0 Å². The number of hydrogen-bond acceptors (Lipinski definition) is 3. The topological polar surface area (TPSA) is 35.0 Å². The molecule has 0 bridgehead atoms. The largest absolute Gasteiger partial charge is 0.233 e. The van der Waals surface area contributed by atoms with Crippen LogP contribution in [0.15, 0.2) is 60.9 Å². The number of aromatic nitrogens is 2. The van der Waals surface area contributed by atoms with E-state index in [0.717, 1.165) is 30.2 Å². The molecule has 0 amide bonds. The first-order valence-corrected chi connectivity index (χ1v) is 24.2. The second kappa shape index (κ2) is 21.6. The van der Waals surface area contributed by atoms with Gasteiger partial charge in [-0.3, -0.25) is 0 Å². The molecule has 3 nitrogen and oxygen atoms in total. The molecule has 0 aliphatic heterocycles. The van der Waals surface area contributed by atoms with E-state index in [1.165, 1.54) is 122 Å². The Balaban J connectivity index is 1.28. The van der Waals surface area contributed by atoms with E-state index in [2.05, 4.69) is 86.2 Å². The molecule has 0 saturated carbocycles. The van der Waals surface area contributed by atoms with Crippen molar-refractivity contribution >= 4 is 13.3 Å². The third-order valence-electron chi connectivity index (χ3n) is 10.00. The van der Waals surface area contributed by atoms with Crippen molar-refractivity contribution in [1.29, 1.82) is 0 Å². The number of aryl methyl sites for hydroxylation is 1. The second-order valence-corrected chi connectivity index (χ2v) is 24.8. The zero-order valence-corrected chi connectivity index (χ0v) is 30.8. The minimum absolute atomic E-state index is 0.742. The predicted molar refractivity (Wildman–Crippen MR) is 194 cm³/mol. The van der Waals surface area contributed by atoms with Crippen molar-refractivity contribution in [2.24, 2.45) is 0 Å². The third kappa shape index (κ3) is 13.1. The Bertz CT molecular complexity index is 1120. The van der Waals surface area contributed by atoms with Crippen LogP contribution < -0.4 is 4.74 Å². The van der Waals surface area contributed by atoms with Gasteiger partial charge >= 0.3 is 124 Å². The molecule has 0 spiro atoms. The molecule has 3 aromatic rings. The molecule has 44 heavy (non-hydrogen) atoms. The van der Waals surface area contributed by atoms with Crippen LogP contribution in [0.4, 0.5) is 0 Å². The van der Waals surface area contributed by atoms with Gasteiger partial charge in [0.2, 0.25) is 0 Å².